The molecule has 1 aliphatic rings. The molecule has 1 N–H and O–H groups in total. The molecule has 42 valence electrons. The van der Waals surface area contributed by atoms with Gasteiger partial charge in [0.15, 0.2) is 0 Å². The number of carbonyl (C=O) groups excluding carboxylic acids is 1. The third kappa shape index (κ3) is 0.776. The van der Waals surface area contributed by atoms with Gasteiger partial charge in [0.05, 0.1) is 5.11 Å². The molecule has 1 aliphatic heterocycles. The molecular formula is C4H6N3O+. The van der Waals surface area contributed by atoms with Gasteiger partial charge < -0.3 is 0 Å². The fourth-order valence-corrected chi connectivity index (χ4v) is 0.438. The maximum atomic E-state index is 10.2. The van der Waals surface area contributed by atoms with Gasteiger partial charge in [-0.3, -0.25) is 0 Å². The molecule has 0 aliphatic carbocycles. The number of hydrogen-bond acceptors (Lipinski definition) is 2. The molecule has 0 saturated carbocycles. The van der Waals surface area contributed by atoms with E-state index >= 15 is 0 Å². The minimum atomic E-state index is -0.359. The van der Waals surface area contributed by atoms with Crippen molar-refractivity contribution in [1.82, 2.24) is 0 Å². The molecule has 0 saturated heterocycles. The van der Waals surface area contributed by atoms with Crippen LogP contribution >= 0.6 is 0 Å². The lowest BCUT2D eigenvalue weighted by molar-refractivity contribution is -0.336. The number of amidine groups is 1. The van der Waals surface area contributed by atoms with E-state index in [4.69, 9.17) is 0 Å². The van der Waals surface area contributed by atoms with E-state index in [1.165, 1.54) is 0 Å². The largest absolute Gasteiger partial charge is 0.510 e. The average Bonchev–Trinajstić information content (AvgIpc) is 2.14. The molecule has 0 aromatic rings. The van der Waals surface area contributed by atoms with Crippen LogP contribution in [0.4, 0.5) is 4.79 Å². The van der Waals surface area contributed by atoms with Gasteiger partial charge in [-0.25, -0.2) is 9.79 Å². The lowest BCUT2D eigenvalue weighted by Gasteiger charge is -1.69. The standard InChI is InChI=1S/C4H5N3O/c1-2-3-5-4(8)7-6-3/h2H2,1H3/p+1. The Morgan fingerprint density at radius 2 is 2.38 bits per heavy atom. The number of rotatable bonds is 1. The van der Waals surface area contributed by atoms with Crippen LogP contribution in [0, 0.1) is 0 Å². The molecule has 4 nitrogen and oxygen atoms in total. The monoisotopic (exact) mass is 112 g/mol. The van der Waals surface area contributed by atoms with Crippen LogP contribution in [0.3, 0.4) is 0 Å². The number of hydrogen-bond donors (Lipinski definition) is 1. The highest BCUT2D eigenvalue weighted by Crippen LogP contribution is 1.84. The Morgan fingerprint density at radius 1 is 1.62 bits per heavy atom. The fraction of sp³-hybridized carbons (Fsp3) is 0.500. The predicted molar refractivity (Wildman–Crippen MR) is 26.5 cm³/mol. The third-order valence-corrected chi connectivity index (χ3v) is 0.848. The van der Waals surface area contributed by atoms with Crippen molar-refractivity contribution in [2.75, 3.05) is 0 Å². The highest BCUT2D eigenvalue weighted by molar-refractivity contribution is 5.85. The van der Waals surface area contributed by atoms with E-state index in [-0.39, 0.29) is 6.03 Å². The second-order valence-electron chi connectivity index (χ2n) is 1.43. The van der Waals surface area contributed by atoms with Crippen LogP contribution < -0.4 is 4.99 Å². The topological polar surface area (TPSA) is 55.8 Å². The second-order valence-corrected chi connectivity index (χ2v) is 1.43. The lowest BCUT2D eigenvalue weighted by Crippen LogP contribution is -2.73. The first-order valence-corrected chi connectivity index (χ1v) is 2.41. The molecule has 2 amide bonds. The molecule has 0 spiro atoms. The summed E-state index contributed by atoms with van der Waals surface area (Å²) in [4.78, 5) is 12.7. The maximum Gasteiger partial charge on any atom is 0.510 e. The van der Waals surface area contributed by atoms with Crippen molar-refractivity contribution in [1.29, 1.82) is 0 Å². The molecular weight excluding hydrogens is 106 g/mol. The summed E-state index contributed by atoms with van der Waals surface area (Å²) in [6, 6.07) is -0.359. The Bertz CT molecular complexity index is 170. The summed E-state index contributed by atoms with van der Waals surface area (Å²) in [5, 5.41) is 6.74. The van der Waals surface area contributed by atoms with E-state index in [1.807, 2.05) is 6.92 Å². The molecule has 0 fully saturated rings. The van der Waals surface area contributed by atoms with Gasteiger partial charge in [-0.15, -0.1) is 0 Å². The van der Waals surface area contributed by atoms with Crippen LogP contribution in [0.25, 0.3) is 0 Å². The van der Waals surface area contributed by atoms with Gasteiger partial charge in [0.1, 0.15) is 5.11 Å². The van der Waals surface area contributed by atoms with Crippen molar-refractivity contribution in [3.05, 3.63) is 0 Å². The molecule has 8 heavy (non-hydrogen) atoms. The summed E-state index contributed by atoms with van der Waals surface area (Å²) >= 11 is 0. The van der Waals surface area contributed by atoms with E-state index in [1.54, 1.807) is 0 Å². The minimum absolute atomic E-state index is 0.359. The van der Waals surface area contributed by atoms with Crippen molar-refractivity contribution in [2.24, 2.45) is 10.2 Å². The zero-order valence-electron chi connectivity index (χ0n) is 4.51. The van der Waals surface area contributed by atoms with Crippen molar-refractivity contribution in [3.63, 3.8) is 0 Å². The summed E-state index contributed by atoms with van der Waals surface area (Å²) in [5.41, 5.74) is 0. The zero-order valence-corrected chi connectivity index (χ0v) is 4.51. The molecule has 0 unspecified atom stereocenters. The van der Waals surface area contributed by atoms with Gasteiger partial charge in [-0.1, -0.05) is 6.92 Å². The second kappa shape index (κ2) is 1.81. The first kappa shape index (κ1) is 5.08. The van der Waals surface area contributed by atoms with Gasteiger partial charge in [0.25, 0.3) is 5.84 Å². The Kier molecular flexibility index (Phi) is 1.15. The lowest BCUT2D eigenvalue weighted by atomic mass is 10.5. The molecule has 0 atom stereocenters. The summed E-state index contributed by atoms with van der Waals surface area (Å²) in [6.07, 6.45) is 0.731. The maximum absolute atomic E-state index is 10.2. The molecule has 1 rings (SSSR count). The summed E-state index contributed by atoms with van der Waals surface area (Å²) < 4.78 is 0. The first-order chi connectivity index (χ1) is 3.83. The SMILES string of the molecule is CCC1=[NH+]C(=O)N=N1. The quantitative estimate of drug-likeness (QED) is 0.486. The Morgan fingerprint density at radius 3 is 2.62 bits per heavy atom. The molecule has 0 radical (unpaired) electrons. The minimum Gasteiger partial charge on any atom is -0.205 e. The van der Waals surface area contributed by atoms with Gasteiger partial charge in [0.2, 0.25) is 0 Å². The molecule has 0 aromatic heterocycles. The van der Waals surface area contributed by atoms with Crippen molar-refractivity contribution in [2.45, 2.75) is 13.3 Å². The summed E-state index contributed by atoms with van der Waals surface area (Å²) in [7, 11) is 0. The highest BCUT2D eigenvalue weighted by Gasteiger charge is 2.17. The van der Waals surface area contributed by atoms with Crippen LogP contribution in [-0.4, -0.2) is 11.9 Å². The normalized spacial score (nSPS) is 17.1. The smallest absolute Gasteiger partial charge is 0.205 e. The molecule has 0 aromatic carbocycles. The third-order valence-electron chi connectivity index (χ3n) is 0.848. The summed E-state index contributed by atoms with van der Waals surface area (Å²) in [5.74, 6) is 0.648. The van der Waals surface area contributed by atoms with E-state index in [9.17, 15) is 4.79 Å². The number of nitrogens with one attached hydrogen (secondary N) is 1. The highest BCUT2D eigenvalue weighted by atomic mass is 16.2. The van der Waals surface area contributed by atoms with Crippen LogP contribution in [0.1, 0.15) is 13.3 Å². The summed E-state index contributed by atoms with van der Waals surface area (Å²) in [6.45, 7) is 1.90. The molecule has 1 heterocycles. The average molecular weight is 112 g/mol. The van der Waals surface area contributed by atoms with Gasteiger partial charge in [-0.2, -0.15) is 0 Å². The van der Waals surface area contributed by atoms with Gasteiger partial charge in [0, 0.05) is 6.42 Å². The molecule has 4 heteroatoms. The Balaban J connectivity index is 2.72. The zero-order chi connectivity index (χ0) is 5.98. The van der Waals surface area contributed by atoms with E-state index in [0.717, 1.165) is 6.42 Å². The number of carbonyl (C=O) groups is 1. The van der Waals surface area contributed by atoms with E-state index in [2.05, 4.69) is 15.2 Å². The van der Waals surface area contributed by atoms with E-state index < -0.39 is 0 Å². The van der Waals surface area contributed by atoms with Crippen LogP contribution in [0.2, 0.25) is 0 Å². The van der Waals surface area contributed by atoms with Crippen molar-refractivity contribution >= 4 is 11.9 Å². The number of nitrogens with zero attached hydrogens (tertiary/aromatic N) is 2. The van der Waals surface area contributed by atoms with Crippen molar-refractivity contribution in [3.8, 4) is 0 Å². The van der Waals surface area contributed by atoms with E-state index in [0.29, 0.717) is 5.84 Å². The van der Waals surface area contributed by atoms with Crippen LogP contribution in [0.5, 0.6) is 0 Å². The Hall–Kier alpha value is -1.06. The van der Waals surface area contributed by atoms with Gasteiger partial charge >= 0.3 is 6.03 Å². The fourth-order valence-electron chi connectivity index (χ4n) is 0.438. The van der Waals surface area contributed by atoms with Gasteiger partial charge in [-0.05, 0) is 0 Å². The number of urea groups is 1. The molecule has 0 bridgehead atoms. The van der Waals surface area contributed by atoms with Crippen LogP contribution in [-0.2, 0) is 0 Å². The number of amides is 2. The van der Waals surface area contributed by atoms with Crippen LogP contribution in [0.15, 0.2) is 10.2 Å². The predicted octanol–water partition coefficient (Wildman–Crippen LogP) is -0.539. The first-order valence-electron chi connectivity index (χ1n) is 2.41. The Labute approximate surface area is 46.3 Å². The number of azo groups is 1. The van der Waals surface area contributed by atoms with Crippen molar-refractivity contribution < 1.29 is 9.79 Å².